The Hall–Kier alpha value is -3.24. The Morgan fingerprint density at radius 2 is 1.91 bits per heavy atom. The SMILES string of the molecule is COc1ccccc1-c1nc(S(=O)(=O)c2ccc3c(c2)OCCO3)c(NCC2CCCO2)o1. The van der Waals surface area contributed by atoms with Crippen LogP contribution in [0.25, 0.3) is 11.5 Å². The molecule has 5 rings (SSSR count). The number of hydrogen-bond donors (Lipinski definition) is 1. The van der Waals surface area contributed by atoms with Crippen LogP contribution < -0.4 is 19.5 Å². The zero-order valence-electron chi connectivity index (χ0n) is 18.1. The highest BCUT2D eigenvalue weighted by atomic mass is 32.2. The first kappa shape index (κ1) is 21.6. The number of para-hydroxylation sites is 1. The molecule has 0 spiro atoms. The Bertz CT molecular complexity index is 1250. The van der Waals surface area contributed by atoms with E-state index in [0.717, 1.165) is 12.8 Å². The molecule has 2 aromatic carbocycles. The fourth-order valence-corrected chi connectivity index (χ4v) is 5.14. The molecule has 9 nitrogen and oxygen atoms in total. The number of fused-ring (bicyclic) bond motifs is 1. The number of anilines is 1. The number of sulfone groups is 1. The van der Waals surface area contributed by atoms with Crippen LogP contribution in [0.5, 0.6) is 17.2 Å². The van der Waals surface area contributed by atoms with E-state index in [-0.39, 0.29) is 27.8 Å². The van der Waals surface area contributed by atoms with Gasteiger partial charge in [0.1, 0.15) is 19.0 Å². The molecule has 0 aliphatic carbocycles. The molecular formula is C23H24N2O7S. The second kappa shape index (κ2) is 8.95. The van der Waals surface area contributed by atoms with Crippen molar-refractivity contribution in [2.75, 3.05) is 38.8 Å². The zero-order valence-corrected chi connectivity index (χ0v) is 18.9. The third-order valence-electron chi connectivity index (χ3n) is 5.53. The van der Waals surface area contributed by atoms with Crippen molar-refractivity contribution in [1.82, 2.24) is 4.98 Å². The summed E-state index contributed by atoms with van der Waals surface area (Å²) in [5, 5.41) is 2.88. The van der Waals surface area contributed by atoms with Gasteiger partial charge in [0.25, 0.3) is 0 Å². The normalized spacial score (nSPS) is 17.7. The van der Waals surface area contributed by atoms with E-state index in [1.54, 1.807) is 24.3 Å². The van der Waals surface area contributed by atoms with Gasteiger partial charge >= 0.3 is 0 Å². The molecule has 174 valence electrons. The van der Waals surface area contributed by atoms with Crippen LogP contribution in [-0.4, -0.2) is 53.0 Å². The second-order valence-corrected chi connectivity index (χ2v) is 9.54. The standard InChI is InChI=1S/C23H24N2O7S/c1-28-18-7-3-2-6-17(18)21-25-23(22(32-21)24-14-15-5-4-10-29-15)33(26,27)16-8-9-19-20(13-16)31-12-11-30-19/h2-3,6-9,13,15,24H,4-5,10-12,14H2,1H3. The van der Waals surface area contributed by atoms with E-state index in [2.05, 4.69) is 10.3 Å². The van der Waals surface area contributed by atoms with Gasteiger partial charge in [0.15, 0.2) is 11.5 Å². The third kappa shape index (κ3) is 4.23. The van der Waals surface area contributed by atoms with Crippen LogP contribution in [0.4, 0.5) is 5.88 Å². The average molecular weight is 473 g/mol. The molecule has 1 unspecified atom stereocenters. The number of benzene rings is 2. The number of nitrogens with one attached hydrogen (secondary N) is 1. The smallest absolute Gasteiger partial charge is 0.233 e. The summed E-state index contributed by atoms with van der Waals surface area (Å²) in [6.07, 6.45) is 1.84. The lowest BCUT2D eigenvalue weighted by Crippen LogP contribution is -2.19. The van der Waals surface area contributed by atoms with Crippen LogP contribution >= 0.6 is 0 Å². The minimum absolute atomic E-state index is 0.0188. The van der Waals surface area contributed by atoms with Crippen molar-refractivity contribution in [1.29, 1.82) is 0 Å². The van der Waals surface area contributed by atoms with Gasteiger partial charge in [0.05, 0.1) is 23.7 Å². The lowest BCUT2D eigenvalue weighted by Gasteiger charge is -2.18. The topological polar surface area (TPSA) is 109 Å². The number of hydrogen-bond acceptors (Lipinski definition) is 9. The summed E-state index contributed by atoms with van der Waals surface area (Å²) >= 11 is 0. The molecule has 1 N–H and O–H groups in total. The summed E-state index contributed by atoms with van der Waals surface area (Å²) in [5.74, 6) is 1.60. The van der Waals surface area contributed by atoms with Crippen molar-refractivity contribution in [3.05, 3.63) is 42.5 Å². The maximum Gasteiger partial charge on any atom is 0.233 e. The number of nitrogens with zero attached hydrogens (tertiary/aromatic N) is 1. The molecule has 1 saturated heterocycles. The van der Waals surface area contributed by atoms with Crippen LogP contribution in [0, 0.1) is 0 Å². The molecule has 0 radical (unpaired) electrons. The van der Waals surface area contributed by atoms with E-state index in [1.807, 2.05) is 6.07 Å². The van der Waals surface area contributed by atoms with Gasteiger partial charge in [0.2, 0.25) is 26.6 Å². The highest BCUT2D eigenvalue weighted by molar-refractivity contribution is 7.91. The number of rotatable bonds is 7. The van der Waals surface area contributed by atoms with E-state index in [4.69, 9.17) is 23.4 Å². The molecule has 3 heterocycles. The summed E-state index contributed by atoms with van der Waals surface area (Å²) in [4.78, 5) is 4.42. The van der Waals surface area contributed by atoms with Crippen LogP contribution in [0.1, 0.15) is 12.8 Å². The Labute approximate surface area is 191 Å². The molecule has 0 saturated carbocycles. The van der Waals surface area contributed by atoms with E-state index in [9.17, 15) is 8.42 Å². The van der Waals surface area contributed by atoms with E-state index in [1.165, 1.54) is 19.2 Å². The number of oxazole rings is 1. The maximum atomic E-state index is 13.6. The first-order chi connectivity index (χ1) is 16.1. The molecule has 3 aromatic rings. The summed E-state index contributed by atoms with van der Waals surface area (Å²) in [6, 6.07) is 11.6. The highest BCUT2D eigenvalue weighted by Crippen LogP contribution is 2.38. The predicted octanol–water partition coefficient (Wildman–Crippen LogP) is 3.55. The lowest BCUT2D eigenvalue weighted by atomic mass is 10.2. The van der Waals surface area contributed by atoms with Crippen molar-refractivity contribution in [3.8, 4) is 28.7 Å². The Morgan fingerprint density at radius 1 is 1.09 bits per heavy atom. The largest absolute Gasteiger partial charge is 0.496 e. The molecule has 10 heteroatoms. The number of aromatic nitrogens is 1. The average Bonchev–Trinajstić information content (AvgIpc) is 3.52. The molecular weight excluding hydrogens is 448 g/mol. The molecule has 0 amide bonds. The molecule has 1 aromatic heterocycles. The minimum atomic E-state index is -4.04. The Balaban J connectivity index is 1.56. The second-order valence-electron chi connectivity index (χ2n) is 7.68. The van der Waals surface area contributed by atoms with Gasteiger partial charge in [-0.25, -0.2) is 8.42 Å². The predicted molar refractivity (Wildman–Crippen MR) is 119 cm³/mol. The molecule has 2 aliphatic rings. The quantitative estimate of drug-likeness (QED) is 0.552. The molecule has 0 bridgehead atoms. The summed E-state index contributed by atoms with van der Waals surface area (Å²) in [5.41, 5.74) is 0.545. The van der Waals surface area contributed by atoms with Gasteiger partial charge in [-0.15, -0.1) is 0 Å². The summed E-state index contributed by atoms with van der Waals surface area (Å²) in [7, 11) is -2.51. The van der Waals surface area contributed by atoms with Gasteiger partial charge < -0.3 is 28.7 Å². The summed E-state index contributed by atoms with van der Waals surface area (Å²) in [6.45, 7) is 1.87. The van der Waals surface area contributed by atoms with Gasteiger partial charge in [-0.1, -0.05) is 12.1 Å². The van der Waals surface area contributed by atoms with Gasteiger partial charge in [-0.3, -0.25) is 0 Å². The highest BCUT2D eigenvalue weighted by Gasteiger charge is 2.31. The van der Waals surface area contributed by atoms with E-state index in [0.29, 0.717) is 49.2 Å². The van der Waals surface area contributed by atoms with Gasteiger partial charge in [-0.05, 0) is 37.1 Å². The zero-order chi connectivity index (χ0) is 22.8. The number of ether oxygens (including phenoxy) is 4. The van der Waals surface area contributed by atoms with Gasteiger partial charge in [-0.2, -0.15) is 4.98 Å². The van der Waals surface area contributed by atoms with Crippen molar-refractivity contribution < 1.29 is 31.8 Å². The molecule has 1 fully saturated rings. The van der Waals surface area contributed by atoms with Crippen LogP contribution in [0.15, 0.2) is 56.8 Å². The Morgan fingerprint density at radius 3 is 2.70 bits per heavy atom. The first-order valence-electron chi connectivity index (χ1n) is 10.7. The Kier molecular flexibility index (Phi) is 5.86. The fourth-order valence-electron chi connectivity index (χ4n) is 3.85. The lowest BCUT2D eigenvalue weighted by molar-refractivity contribution is 0.120. The van der Waals surface area contributed by atoms with Crippen LogP contribution in [-0.2, 0) is 14.6 Å². The van der Waals surface area contributed by atoms with Crippen LogP contribution in [0.3, 0.4) is 0 Å². The van der Waals surface area contributed by atoms with Gasteiger partial charge in [0, 0.05) is 19.2 Å². The minimum Gasteiger partial charge on any atom is -0.496 e. The van der Waals surface area contributed by atoms with Crippen molar-refractivity contribution >= 4 is 15.7 Å². The molecule has 33 heavy (non-hydrogen) atoms. The summed E-state index contributed by atoms with van der Waals surface area (Å²) < 4.78 is 55.3. The van der Waals surface area contributed by atoms with Crippen molar-refractivity contribution in [2.45, 2.75) is 28.9 Å². The van der Waals surface area contributed by atoms with E-state index < -0.39 is 9.84 Å². The third-order valence-corrected chi connectivity index (χ3v) is 7.19. The monoisotopic (exact) mass is 472 g/mol. The maximum absolute atomic E-state index is 13.6. The van der Waals surface area contributed by atoms with Crippen LogP contribution in [0.2, 0.25) is 0 Å². The first-order valence-corrected chi connectivity index (χ1v) is 12.2. The fraction of sp³-hybridized carbons (Fsp3) is 0.348. The van der Waals surface area contributed by atoms with E-state index >= 15 is 0 Å². The van der Waals surface area contributed by atoms with Crippen molar-refractivity contribution in [2.24, 2.45) is 0 Å². The van der Waals surface area contributed by atoms with Crippen molar-refractivity contribution in [3.63, 3.8) is 0 Å². The molecule has 1 atom stereocenters. The number of methoxy groups -OCH3 is 1. The molecule has 2 aliphatic heterocycles.